The zero-order valence-electron chi connectivity index (χ0n) is 9.42. The molecule has 0 saturated carbocycles. The molecule has 2 nitrogen and oxygen atoms in total. The van der Waals surface area contributed by atoms with Gasteiger partial charge in [-0.2, -0.15) is 0 Å². The molecule has 0 atom stereocenters. The Labute approximate surface area is 87.3 Å². The average Bonchev–Trinajstić information content (AvgIpc) is 2.05. The molecule has 0 aliphatic carbocycles. The van der Waals surface area contributed by atoms with Crippen LogP contribution in [0.25, 0.3) is 0 Å². The Balaban J connectivity index is 4.38. The minimum absolute atomic E-state index is 0.151. The molecule has 0 aliphatic rings. The number of carbonyl (C=O) groups excluding carboxylic acids is 1. The monoisotopic (exact) mass is 239 g/mol. The second kappa shape index (κ2) is 6.32. The first-order valence-electron chi connectivity index (χ1n) is 4.94. The Hall–Kier alpha value is -0.154. The number of hydrogen-bond acceptors (Lipinski definition) is 2. The Bertz CT molecular complexity index is 197. The van der Waals surface area contributed by atoms with Crippen LogP contribution in [0.3, 0.4) is 0 Å². The first-order chi connectivity index (χ1) is 6.02. The molecule has 0 saturated heterocycles. The van der Waals surface area contributed by atoms with Gasteiger partial charge in [0.1, 0.15) is 0 Å². The van der Waals surface area contributed by atoms with Crippen LogP contribution in [0.15, 0.2) is 11.8 Å². The summed E-state index contributed by atoms with van der Waals surface area (Å²) < 4.78 is 2.37. The maximum absolute atomic E-state index is 10.9. The molecule has 0 rings (SSSR count). The van der Waals surface area contributed by atoms with Gasteiger partial charge in [0.25, 0.3) is 0 Å². The summed E-state index contributed by atoms with van der Waals surface area (Å²) in [5, 5.41) is 0. The minimum atomic E-state index is -1.26. The summed E-state index contributed by atoms with van der Waals surface area (Å²) in [7, 11) is 2.13. The van der Waals surface area contributed by atoms with E-state index in [9.17, 15) is 4.79 Å². The molecule has 0 unspecified atom stereocenters. The fourth-order valence-electron chi connectivity index (χ4n) is 1.52. The molecule has 0 aromatic carbocycles. The van der Waals surface area contributed by atoms with Crippen LogP contribution in [0.2, 0.25) is 9.95 Å². The molecule has 3 heteroatoms. The topological polar surface area (TPSA) is 20.3 Å². The normalized spacial score (nSPS) is 11.3. The predicted molar refractivity (Wildman–Crippen MR) is 58.9 cm³/mol. The number of rotatable bonds is 5. The quantitative estimate of drug-likeness (QED) is 0.543. The Kier molecular flexibility index (Phi) is 6.25. The van der Waals surface area contributed by atoms with Gasteiger partial charge in [-0.3, -0.25) is 0 Å². The van der Waals surface area contributed by atoms with E-state index in [-0.39, 0.29) is 5.78 Å². The first-order valence-corrected chi connectivity index (χ1v) is 9.45. The first kappa shape index (κ1) is 12.8. The van der Waals surface area contributed by atoms with Crippen LogP contribution in [0.5, 0.6) is 0 Å². The summed E-state index contributed by atoms with van der Waals surface area (Å²) in [5.74, 6) is 0.151. The second-order valence-electron chi connectivity index (χ2n) is 3.48. The summed E-state index contributed by atoms with van der Waals surface area (Å²) in [4.78, 5) is 13.5. The van der Waals surface area contributed by atoms with Crippen LogP contribution in [-0.4, -0.2) is 32.9 Å². The summed E-state index contributed by atoms with van der Waals surface area (Å²) in [6.07, 6.45) is 1.74. The number of hydrogen-bond donors (Lipinski definition) is 0. The van der Waals surface area contributed by atoms with Gasteiger partial charge in [0, 0.05) is 0 Å². The summed E-state index contributed by atoms with van der Waals surface area (Å²) >= 11 is -1.26. The molecule has 0 spiro atoms. The fraction of sp³-hybridized carbons (Fsp3) is 0.700. The van der Waals surface area contributed by atoms with E-state index in [1.54, 1.807) is 13.0 Å². The predicted octanol–water partition coefficient (Wildman–Crippen LogP) is 2.44. The van der Waals surface area contributed by atoms with E-state index in [4.69, 9.17) is 0 Å². The maximum atomic E-state index is 10.9. The number of ketones is 1. The van der Waals surface area contributed by atoms with E-state index in [0.717, 1.165) is 5.70 Å². The molecule has 0 heterocycles. The molecular weight excluding hydrogens is 220 g/mol. The van der Waals surface area contributed by atoms with Crippen LogP contribution in [0.4, 0.5) is 0 Å². The third-order valence-electron chi connectivity index (χ3n) is 2.46. The van der Waals surface area contributed by atoms with Gasteiger partial charge < -0.3 is 0 Å². The Morgan fingerprint density at radius 2 is 1.77 bits per heavy atom. The number of carbonyl (C=O) groups is 1. The van der Waals surface area contributed by atoms with Crippen LogP contribution in [-0.2, 0) is 4.79 Å². The molecule has 0 bridgehead atoms. The van der Waals surface area contributed by atoms with Crippen molar-refractivity contribution in [2.24, 2.45) is 0 Å². The van der Waals surface area contributed by atoms with Crippen molar-refractivity contribution in [1.82, 2.24) is 3.61 Å². The molecule has 0 aromatic heterocycles. The molecule has 74 valence electrons. The van der Waals surface area contributed by atoms with Crippen molar-refractivity contribution in [3.63, 3.8) is 0 Å². The average molecular weight is 240 g/mol. The molecule has 13 heavy (non-hydrogen) atoms. The SMILES string of the molecule is C[CH2][Ga]([CH2]C)[N](C)/C(C)=C\C(C)=O. The van der Waals surface area contributed by atoms with Crippen LogP contribution in [0, 0.1) is 0 Å². The van der Waals surface area contributed by atoms with Gasteiger partial charge in [0.2, 0.25) is 0 Å². The number of nitrogens with zero attached hydrogens (tertiary/aromatic N) is 1. The van der Waals surface area contributed by atoms with E-state index in [2.05, 4.69) is 24.5 Å². The van der Waals surface area contributed by atoms with Gasteiger partial charge in [-0.25, -0.2) is 0 Å². The van der Waals surface area contributed by atoms with Crippen molar-refractivity contribution < 1.29 is 4.79 Å². The second-order valence-corrected chi connectivity index (χ2v) is 11.3. The van der Waals surface area contributed by atoms with Gasteiger partial charge in [-0.1, -0.05) is 0 Å². The summed E-state index contributed by atoms with van der Waals surface area (Å²) in [6.45, 7) is 8.15. The Morgan fingerprint density at radius 1 is 1.31 bits per heavy atom. The molecule has 0 aliphatic heterocycles. The van der Waals surface area contributed by atoms with E-state index in [0.29, 0.717) is 0 Å². The van der Waals surface area contributed by atoms with Gasteiger partial charge in [-0.05, 0) is 0 Å². The van der Waals surface area contributed by atoms with Crippen LogP contribution in [0.1, 0.15) is 27.7 Å². The van der Waals surface area contributed by atoms with Gasteiger partial charge in [0.15, 0.2) is 0 Å². The third kappa shape index (κ3) is 4.57. The molecule has 0 amide bonds. The molecular formula is C10H20GaNO. The van der Waals surface area contributed by atoms with E-state index < -0.39 is 16.5 Å². The summed E-state index contributed by atoms with van der Waals surface area (Å²) in [6, 6.07) is 0. The molecule has 0 aromatic rings. The van der Waals surface area contributed by atoms with E-state index in [1.807, 2.05) is 6.92 Å². The van der Waals surface area contributed by atoms with E-state index in [1.165, 1.54) is 9.95 Å². The van der Waals surface area contributed by atoms with Gasteiger partial charge in [0.05, 0.1) is 0 Å². The molecule has 0 radical (unpaired) electrons. The van der Waals surface area contributed by atoms with Crippen LogP contribution < -0.4 is 0 Å². The fourth-order valence-corrected chi connectivity index (χ4v) is 6.39. The van der Waals surface area contributed by atoms with Crippen molar-refractivity contribution >= 4 is 22.2 Å². The van der Waals surface area contributed by atoms with E-state index >= 15 is 0 Å². The van der Waals surface area contributed by atoms with Crippen molar-refractivity contribution in [2.75, 3.05) is 7.05 Å². The zero-order chi connectivity index (χ0) is 10.4. The molecule has 0 N–H and O–H groups in total. The van der Waals surface area contributed by atoms with Crippen molar-refractivity contribution in [3.05, 3.63) is 11.8 Å². The van der Waals surface area contributed by atoms with Crippen molar-refractivity contribution in [1.29, 1.82) is 0 Å². The standard InChI is InChI=1S/C6H11NO.2C2H5.Ga/c1-5(7-3)4-6(2)8;2*1-2;/h4H,1-3H3,(H,7,8);2*1H2,2H3;/q;;;+1/p-1. The summed E-state index contributed by atoms with van der Waals surface area (Å²) in [5.41, 5.74) is 1.14. The van der Waals surface area contributed by atoms with Crippen molar-refractivity contribution in [2.45, 2.75) is 37.6 Å². The molecule has 0 fully saturated rings. The van der Waals surface area contributed by atoms with Gasteiger partial charge in [-0.15, -0.1) is 0 Å². The number of allylic oxidation sites excluding steroid dienone is 2. The zero-order valence-corrected chi connectivity index (χ0v) is 11.8. The van der Waals surface area contributed by atoms with Crippen molar-refractivity contribution in [3.8, 4) is 0 Å². The Morgan fingerprint density at radius 3 is 2.08 bits per heavy atom. The van der Waals surface area contributed by atoms with Gasteiger partial charge >= 0.3 is 87.1 Å². The van der Waals surface area contributed by atoms with Crippen LogP contribution >= 0.6 is 0 Å². The third-order valence-corrected chi connectivity index (χ3v) is 9.57.